The van der Waals surface area contributed by atoms with Gasteiger partial charge in [0.2, 0.25) is 15.9 Å². The number of halogens is 3. The molecule has 0 unspecified atom stereocenters. The summed E-state index contributed by atoms with van der Waals surface area (Å²) in [5, 5.41) is 13.5. The maximum absolute atomic E-state index is 13.0. The van der Waals surface area contributed by atoms with Gasteiger partial charge < -0.3 is 15.7 Å². The second kappa shape index (κ2) is 14.8. The van der Waals surface area contributed by atoms with Gasteiger partial charge in [-0.15, -0.1) is 0 Å². The Morgan fingerprint density at radius 2 is 1.37 bits per heavy atom. The number of amides is 1. The fourth-order valence-electron chi connectivity index (χ4n) is 4.47. The molecule has 1 fully saturated rings. The normalized spacial score (nSPS) is 17.3. The highest BCUT2D eigenvalue weighted by Crippen LogP contribution is 2.24. The molecule has 4 rings (SSSR count). The lowest BCUT2D eigenvalue weighted by atomic mass is 9.90. The fraction of sp³-hybridized carbons (Fsp3) is 0.310. The van der Waals surface area contributed by atoms with E-state index in [1.54, 1.807) is 12.1 Å². The smallest absolute Gasteiger partial charge is 0.475 e. The molecule has 1 amide bonds. The minimum absolute atomic E-state index is 0.0445. The Bertz CT molecular complexity index is 1320. The van der Waals surface area contributed by atoms with E-state index in [2.05, 4.69) is 39.6 Å². The number of piperidine rings is 1. The van der Waals surface area contributed by atoms with Crippen molar-refractivity contribution >= 4 is 21.9 Å². The third-order valence-corrected chi connectivity index (χ3v) is 7.80. The second-order valence-corrected chi connectivity index (χ2v) is 11.3. The van der Waals surface area contributed by atoms with Crippen LogP contribution in [0.4, 0.5) is 13.2 Å². The van der Waals surface area contributed by atoms with Gasteiger partial charge in [-0.25, -0.2) is 17.9 Å². The highest BCUT2D eigenvalue weighted by atomic mass is 32.2. The van der Waals surface area contributed by atoms with Crippen molar-refractivity contribution in [2.24, 2.45) is 5.92 Å². The first-order chi connectivity index (χ1) is 19.4. The summed E-state index contributed by atoms with van der Waals surface area (Å²) in [6.07, 6.45) is -4.62. The number of carbonyl (C=O) groups excluding carboxylic acids is 1. The molecule has 1 aliphatic rings. The van der Waals surface area contributed by atoms with Gasteiger partial charge in [-0.1, -0.05) is 91.0 Å². The molecule has 1 heterocycles. The predicted molar refractivity (Wildman–Crippen MR) is 148 cm³/mol. The van der Waals surface area contributed by atoms with Crippen LogP contribution in [0, 0.1) is 5.92 Å². The third-order valence-electron chi connectivity index (χ3n) is 6.39. The summed E-state index contributed by atoms with van der Waals surface area (Å²) >= 11 is 0. The summed E-state index contributed by atoms with van der Waals surface area (Å²) in [6, 6.07) is 29.1. The van der Waals surface area contributed by atoms with E-state index in [0.717, 1.165) is 16.7 Å². The maximum Gasteiger partial charge on any atom is 0.490 e. The van der Waals surface area contributed by atoms with E-state index in [4.69, 9.17) is 9.90 Å². The van der Waals surface area contributed by atoms with Gasteiger partial charge in [-0.3, -0.25) is 4.79 Å². The molecule has 0 radical (unpaired) electrons. The highest BCUT2D eigenvalue weighted by Gasteiger charge is 2.38. The van der Waals surface area contributed by atoms with Crippen molar-refractivity contribution in [1.29, 1.82) is 0 Å². The van der Waals surface area contributed by atoms with Gasteiger partial charge >= 0.3 is 12.1 Å². The maximum atomic E-state index is 13.0. The molecule has 0 aliphatic carbocycles. The molecule has 0 bridgehead atoms. The number of carbonyl (C=O) groups is 2. The number of hydrogen-bond donors (Lipinski definition) is 4. The molecular weight excluding hydrogens is 559 g/mol. The van der Waals surface area contributed by atoms with Crippen LogP contribution in [-0.4, -0.2) is 57.3 Å². The molecule has 1 aliphatic heterocycles. The number of alkyl halides is 3. The highest BCUT2D eigenvalue weighted by molar-refractivity contribution is 7.88. The van der Waals surface area contributed by atoms with Crippen LogP contribution < -0.4 is 15.4 Å². The predicted octanol–water partition coefficient (Wildman–Crippen LogP) is 3.67. The number of carboxylic acid groups (broad SMARTS) is 1. The number of benzene rings is 3. The van der Waals surface area contributed by atoms with Crippen molar-refractivity contribution in [1.82, 2.24) is 15.4 Å². The number of aliphatic carboxylic acids is 1. The Labute approximate surface area is 237 Å². The summed E-state index contributed by atoms with van der Waals surface area (Å²) < 4.78 is 59.8. The molecule has 0 spiro atoms. The number of rotatable bonds is 9. The van der Waals surface area contributed by atoms with Crippen molar-refractivity contribution in [3.8, 4) is 0 Å². The minimum atomic E-state index is -5.08. The second-order valence-electron chi connectivity index (χ2n) is 9.57. The summed E-state index contributed by atoms with van der Waals surface area (Å²) in [6.45, 7) is 1.52. The molecule has 220 valence electrons. The van der Waals surface area contributed by atoms with Crippen molar-refractivity contribution in [3.63, 3.8) is 0 Å². The standard InChI is InChI=1S/C27H31N3O3S.C2HF3O2/c31-27(29-19-26(22-12-6-2-7-13-22)23-14-8-3-9-15-23)24-16-25(18-28-17-24)30-34(32,33)20-21-10-4-1-5-11-21;3-2(4,5)1(6)7/h1-15,24-26,28,30H,16-20H2,(H,29,31);(H,6,7)/t24-,25+;/m0./s1. The van der Waals surface area contributed by atoms with Gasteiger partial charge in [0, 0.05) is 31.6 Å². The Balaban J connectivity index is 0.000000587. The van der Waals surface area contributed by atoms with E-state index in [9.17, 15) is 26.4 Å². The van der Waals surface area contributed by atoms with E-state index in [1.165, 1.54) is 0 Å². The molecule has 1 saturated heterocycles. The molecule has 3 aromatic carbocycles. The van der Waals surface area contributed by atoms with E-state index < -0.39 is 22.2 Å². The lowest BCUT2D eigenvalue weighted by Crippen LogP contribution is -2.52. The van der Waals surface area contributed by atoms with Crippen LogP contribution in [0.15, 0.2) is 91.0 Å². The molecule has 8 nitrogen and oxygen atoms in total. The van der Waals surface area contributed by atoms with E-state index in [0.29, 0.717) is 26.1 Å². The minimum Gasteiger partial charge on any atom is -0.475 e. The summed E-state index contributed by atoms with van der Waals surface area (Å²) in [5.74, 6) is -3.14. The molecule has 12 heteroatoms. The zero-order chi connectivity index (χ0) is 29.9. The van der Waals surface area contributed by atoms with Gasteiger partial charge in [0.05, 0.1) is 11.7 Å². The summed E-state index contributed by atoms with van der Waals surface area (Å²) in [7, 11) is -3.50. The summed E-state index contributed by atoms with van der Waals surface area (Å²) in [5.41, 5.74) is 3.02. The van der Waals surface area contributed by atoms with Gasteiger partial charge in [0.25, 0.3) is 0 Å². The van der Waals surface area contributed by atoms with Crippen LogP contribution in [0.25, 0.3) is 0 Å². The first kappa shape index (κ1) is 31.8. The van der Waals surface area contributed by atoms with E-state index in [-0.39, 0.29) is 29.5 Å². The van der Waals surface area contributed by atoms with Gasteiger partial charge in [-0.05, 0) is 23.1 Å². The first-order valence-corrected chi connectivity index (χ1v) is 14.5. The molecule has 0 aromatic heterocycles. The largest absolute Gasteiger partial charge is 0.490 e. The topological polar surface area (TPSA) is 125 Å². The van der Waals surface area contributed by atoms with Crippen molar-refractivity contribution in [2.75, 3.05) is 19.6 Å². The van der Waals surface area contributed by atoms with Crippen LogP contribution in [0.5, 0.6) is 0 Å². The van der Waals surface area contributed by atoms with Gasteiger partial charge in [-0.2, -0.15) is 13.2 Å². The van der Waals surface area contributed by atoms with Crippen LogP contribution in [0.2, 0.25) is 0 Å². The van der Waals surface area contributed by atoms with E-state index >= 15 is 0 Å². The average molecular weight is 592 g/mol. The Morgan fingerprint density at radius 1 is 0.878 bits per heavy atom. The van der Waals surface area contributed by atoms with Crippen LogP contribution in [0.3, 0.4) is 0 Å². The van der Waals surface area contributed by atoms with Gasteiger partial charge in [0.15, 0.2) is 0 Å². The molecule has 2 atom stereocenters. The van der Waals surface area contributed by atoms with E-state index in [1.807, 2.05) is 54.6 Å². The Kier molecular flexibility index (Phi) is 11.4. The number of sulfonamides is 1. The number of carboxylic acids is 1. The number of nitrogens with one attached hydrogen (secondary N) is 3. The molecule has 4 N–H and O–H groups in total. The fourth-order valence-corrected chi connectivity index (χ4v) is 5.87. The monoisotopic (exact) mass is 591 g/mol. The van der Waals surface area contributed by atoms with Crippen LogP contribution in [-0.2, 0) is 25.4 Å². The van der Waals surface area contributed by atoms with Crippen LogP contribution >= 0.6 is 0 Å². The van der Waals surface area contributed by atoms with Crippen molar-refractivity contribution in [2.45, 2.75) is 30.3 Å². The molecular formula is C29H32F3N3O5S. The average Bonchev–Trinajstić information content (AvgIpc) is 2.94. The molecule has 3 aromatic rings. The summed E-state index contributed by atoms with van der Waals surface area (Å²) in [4.78, 5) is 21.9. The zero-order valence-electron chi connectivity index (χ0n) is 22.1. The molecule has 0 saturated carbocycles. The lowest BCUT2D eigenvalue weighted by molar-refractivity contribution is -0.192. The lowest BCUT2D eigenvalue weighted by Gasteiger charge is -2.30. The Hall–Kier alpha value is -3.74. The van der Waals surface area contributed by atoms with Crippen molar-refractivity contribution in [3.05, 3.63) is 108 Å². The molecule has 41 heavy (non-hydrogen) atoms. The van der Waals surface area contributed by atoms with Crippen LogP contribution in [0.1, 0.15) is 29.0 Å². The Morgan fingerprint density at radius 3 is 1.85 bits per heavy atom. The zero-order valence-corrected chi connectivity index (χ0v) is 22.9. The number of hydrogen-bond acceptors (Lipinski definition) is 5. The quantitative estimate of drug-likeness (QED) is 0.301. The SMILES string of the molecule is O=C(NCC(c1ccccc1)c1ccccc1)[C@@H]1CNC[C@H](NS(=O)(=O)Cc2ccccc2)C1.O=C(O)C(F)(F)F. The van der Waals surface area contributed by atoms with Gasteiger partial charge in [0.1, 0.15) is 0 Å². The third kappa shape index (κ3) is 10.6. The first-order valence-electron chi connectivity index (χ1n) is 12.9. The van der Waals surface area contributed by atoms with Crippen molar-refractivity contribution < 1.29 is 36.3 Å².